The zero-order valence-corrected chi connectivity index (χ0v) is 19.7. The predicted molar refractivity (Wildman–Crippen MR) is 121 cm³/mol. The number of nitrogens with one attached hydrogen (secondary N) is 2. The van der Waals surface area contributed by atoms with Gasteiger partial charge in [0.25, 0.3) is 15.9 Å². The standard InChI is InChI=1S/C23H32N2O6S/c1-5-6-11-20(26)25-32(29,30)19-15-13-18(14-16-19)22(28)24-17-10-8-7-9-12-21(27)31-23(2,3)4/h1,13-16H,6-12,17H2,2-4H3,(H,24,28)(H,25,26). The maximum absolute atomic E-state index is 12.2. The molecular weight excluding hydrogens is 432 g/mol. The third kappa shape index (κ3) is 11.0. The van der Waals surface area contributed by atoms with Crippen LogP contribution < -0.4 is 10.0 Å². The Hall–Kier alpha value is -2.86. The van der Waals surface area contributed by atoms with Crippen LogP contribution in [0.1, 0.15) is 76.1 Å². The summed E-state index contributed by atoms with van der Waals surface area (Å²) in [4.78, 5) is 35.3. The average Bonchev–Trinajstić information content (AvgIpc) is 2.69. The fourth-order valence-electron chi connectivity index (χ4n) is 2.68. The highest BCUT2D eigenvalue weighted by Gasteiger charge is 2.18. The number of hydrogen-bond acceptors (Lipinski definition) is 6. The van der Waals surface area contributed by atoms with Crippen LogP contribution in [0.2, 0.25) is 0 Å². The van der Waals surface area contributed by atoms with Crippen molar-refractivity contribution in [3.63, 3.8) is 0 Å². The smallest absolute Gasteiger partial charge is 0.306 e. The van der Waals surface area contributed by atoms with Crippen LogP contribution in [0, 0.1) is 12.3 Å². The molecule has 0 saturated heterocycles. The SMILES string of the molecule is C#CCCC(=O)NS(=O)(=O)c1ccc(C(=O)NCCCCCCC(=O)OC(C)(C)C)cc1. The van der Waals surface area contributed by atoms with Crippen molar-refractivity contribution in [3.8, 4) is 12.3 Å². The summed E-state index contributed by atoms with van der Waals surface area (Å²) < 4.78 is 31.6. The van der Waals surface area contributed by atoms with Crippen molar-refractivity contribution < 1.29 is 27.5 Å². The van der Waals surface area contributed by atoms with Crippen LogP contribution in [0.3, 0.4) is 0 Å². The molecule has 1 aromatic carbocycles. The largest absolute Gasteiger partial charge is 0.460 e. The molecule has 32 heavy (non-hydrogen) atoms. The van der Waals surface area contributed by atoms with E-state index in [0.717, 1.165) is 25.7 Å². The Kier molecular flexibility index (Phi) is 10.9. The van der Waals surface area contributed by atoms with E-state index >= 15 is 0 Å². The molecule has 0 aliphatic heterocycles. The third-order valence-electron chi connectivity index (χ3n) is 4.18. The van der Waals surface area contributed by atoms with Gasteiger partial charge in [-0.05, 0) is 57.9 Å². The van der Waals surface area contributed by atoms with Gasteiger partial charge in [-0.15, -0.1) is 12.3 Å². The van der Waals surface area contributed by atoms with E-state index < -0.39 is 21.5 Å². The molecule has 0 aliphatic rings. The molecule has 0 bridgehead atoms. The second-order valence-corrected chi connectivity index (χ2v) is 9.95. The number of rotatable bonds is 12. The number of carbonyl (C=O) groups is 3. The van der Waals surface area contributed by atoms with Crippen LogP contribution in [-0.2, 0) is 24.3 Å². The quantitative estimate of drug-likeness (QED) is 0.279. The molecule has 0 fully saturated rings. The zero-order chi connectivity index (χ0) is 24.2. The first-order valence-corrected chi connectivity index (χ1v) is 12.0. The summed E-state index contributed by atoms with van der Waals surface area (Å²) >= 11 is 0. The van der Waals surface area contributed by atoms with E-state index in [2.05, 4.69) is 11.2 Å². The van der Waals surface area contributed by atoms with Crippen molar-refractivity contribution in [3.05, 3.63) is 29.8 Å². The van der Waals surface area contributed by atoms with Gasteiger partial charge in [0.2, 0.25) is 5.91 Å². The van der Waals surface area contributed by atoms with E-state index in [1.807, 2.05) is 25.5 Å². The lowest BCUT2D eigenvalue weighted by atomic mass is 10.1. The maximum Gasteiger partial charge on any atom is 0.306 e. The Morgan fingerprint density at radius 3 is 2.22 bits per heavy atom. The molecule has 176 valence electrons. The molecule has 1 rings (SSSR count). The minimum Gasteiger partial charge on any atom is -0.460 e. The van der Waals surface area contributed by atoms with Gasteiger partial charge in [0.05, 0.1) is 4.90 Å². The van der Waals surface area contributed by atoms with E-state index in [9.17, 15) is 22.8 Å². The van der Waals surface area contributed by atoms with Gasteiger partial charge in [-0.3, -0.25) is 14.4 Å². The van der Waals surface area contributed by atoms with E-state index in [1.165, 1.54) is 24.3 Å². The minimum absolute atomic E-state index is 0.0861. The molecular formula is C23H32N2O6S. The number of ether oxygens (including phenoxy) is 1. The average molecular weight is 465 g/mol. The Morgan fingerprint density at radius 1 is 1.00 bits per heavy atom. The van der Waals surface area contributed by atoms with Gasteiger partial charge in [0, 0.05) is 31.4 Å². The van der Waals surface area contributed by atoms with Gasteiger partial charge >= 0.3 is 5.97 Å². The number of amides is 2. The zero-order valence-electron chi connectivity index (χ0n) is 18.9. The molecule has 1 aromatic rings. The van der Waals surface area contributed by atoms with Gasteiger partial charge < -0.3 is 10.1 Å². The van der Waals surface area contributed by atoms with E-state index in [0.29, 0.717) is 18.5 Å². The summed E-state index contributed by atoms with van der Waals surface area (Å²) in [7, 11) is -4.01. The predicted octanol–water partition coefficient (Wildman–Crippen LogP) is 2.93. The summed E-state index contributed by atoms with van der Waals surface area (Å²) in [6, 6.07) is 5.30. The summed E-state index contributed by atoms with van der Waals surface area (Å²) in [5.74, 6) is 1.06. The Bertz CT molecular complexity index is 925. The van der Waals surface area contributed by atoms with Crippen molar-refractivity contribution in [1.29, 1.82) is 0 Å². The van der Waals surface area contributed by atoms with Crippen molar-refractivity contribution in [2.75, 3.05) is 6.54 Å². The fraction of sp³-hybridized carbons (Fsp3) is 0.522. The fourth-order valence-corrected chi connectivity index (χ4v) is 3.69. The van der Waals surface area contributed by atoms with Crippen molar-refractivity contribution in [2.45, 2.75) is 76.2 Å². The summed E-state index contributed by atoms with van der Waals surface area (Å²) in [5.41, 5.74) is -0.160. The molecule has 8 nitrogen and oxygen atoms in total. The molecule has 0 heterocycles. The summed E-state index contributed by atoms with van der Waals surface area (Å²) in [6.07, 6.45) is 8.70. The topological polar surface area (TPSA) is 119 Å². The Labute approximate surface area is 190 Å². The highest BCUT2D eigenvalue weighted by Crippen LogP contribution is 2.12. The van der Waals surface area contributed by atoms with E-state index in [4.69, 9.17) is 11.2 Å². The van der Waals surface area contributed by atoms with E-state index in [1.54, 1.807) is 0 Å². The summed E-state index contributed by atoms with van der Waals surface area (Å²) in [5, 5.41) is 2.77. The lowest BCUT2D eigenvalue weighted by molar-refractivity contribution is -0.154. The normalized spacial score (nSPS) is 11.3. The molecule has 0 radical (unpaired) electrons. The Balaban J connectivity index is 2.35. The second kappa shape index (κ2) is 12.9. The molecule has 0 aliphatic carbocycles. The first kappa shape index (κ1) is 27.2. The Morgan fingerprint density at radius 2 is 1.62 bits per heavy atom. The first-order chi connectivity index (χ1) is 14.9. The van der Waals surface area contributed by atoms with Gasteiger partial charge in [-0.1, -0.05) is 12.8 Å². The molecule has 0 saturated carbocycles. The molecule has 0 unspecified atom stereocenters. The van der Waals surface area contributed by atoms with Crippen molar-refractivity contribution in [1.82, 2.24) is 10.0 Å². The number of benzene rings is 1. The lowest BCUT2D eigenvalue weighted by Crippen LogP contribution is -2.30. The van der Waals surface area contributed by atoms with Crippen LogP contribution >= 0.6 is 0 Å². The van der Waals surface area contributed by atoms with Crippen molar-refractivity contribution >= 4 is 27.8 Å². The molecule has 0 aromatic heterocycles. The van der Waals surface area contributed by atoms with Gasteiger partial charge in [0.1, 0.15) is 5.60 Å². The van der Waals surface area contributed by atoms with Crippen LogP contribution in [0.15, 0.2) is 29.2 Å². The first-order valence-electron chi connectivity index (χ1n) is 10.5. The van der Waals surface area contributed by atoms with E-state index in [-0.39, 0.29) is 29.6 Å². The van der Waals surface area contributed by atoms with Crippen LogP contribution in [0.25, 0.3) is 0 Å². The van der Waals surface area contributed by atoms with Crippen LogP contribution in [-0.4, -0.2) is 38.3 Å². The molecule has 2 N–H and O–H groups in total. The number of sulfonamides is 1. The molecule has 2 amide bonds. The van der Waals surface area contributed by atoms with Crippen LogP contribution in [0.4, 0.5) is 0 Å². The monoisotopic (exact) mass is 464 g/mol. The number of hydrogen-bond donors (Lipinski definition) is 2. The molecule has 0 spiro atoms. The van der Waals surface area contributed by atoms with Gasteiger partial charge in [-0.25, -0.2) is 13.1 Å². The van der Waals surface area contributed by atoms with Crippen LogP contribution in [0.5, 0.6) is 0 Å². The number of unbranched alkanes of at least 4 members (excludes halogenated alkanes) is 3. The highest BCUT2D eigenvalue weighted by atomic mass is 32.2. The number of terminal acetylenes is 1. The lowest BCUT2D eigenvalue weighted by Gasteiger charge is -2.19. The van der Waals surface area contributed by atoms with Gasteiger partial charge in [-0.2, -0.15) is 0 Å². The second-order valence-electron chi connectivity index (χ2n) is 8.26. The summed E-state index contributed by atoms with van der Waals surface area (Å²) in [6.45, 7) is 5.97. The van der Waals surface area contributed by atoms with Gasteiger partial charge in [0.15, 0.2) is 0 Å². The molecule has 0 atom stereocenters. The third-order valence-corrected chi connectivity index (χ3v) is 5.57. The highest BCUT2D eigenvalue weighted by molar-refractivity contribution is 7.90. The maximum atomic E-state index is 12.2. The number of carbonyl (C=O) groups excluding carboxylic acids is 3. The number of esters is 1. The van der Waals surface area contributed by atoms with Crippen molar-refractivity contribution in [2.24, 2.45) is 0 Å². The molecule has 9 heteroatoms. The minimum atomic E-state index is -4.01.